The first-order chi connectivity index (χ1) is 9.68. The van der Waals surface area contributed by atoms with Crippen LogP contribution >= 0.6 is 11.6 Å². The monoisotopic (exact) mass is 336 g/mol. The van der Waals surface area contributed by atoms with Crippen molar-refractivity contribution in [2.75, 3.05) is 13.6 Å². The molecule has 0 aromatic heterocycles. The van der Waals surface area contributed by atoms with Crippen LogP contribution in [0.2, 0.25) is 5.02 Å². The predicted octanol–water partition coefficient (Wildman–Crippen LogP) is 2.39. The van der Waals surface area contributed by atoms with Crippen LogP contribution in [0.1, 0.15) is 36.5 Å². The Hall–Kier alpha value is -1.18. The lowest BCUT2D eigenvalue weighted by Crippen LogP contribution is -2.29. The van der Waals surface area contributed by atoms with Crippen LogP contribution < -0.4 is 5.14 Å². The second-order valence-corrected chi connectivity index (χ2v) is 6.71. The number of primary sulfonamides is 1. The van der Waals surface area contributed by atoms with Crippen LogP contribution in [0.15, 0.2) is 17.0 Å². The number of rotatable bonds is 6. The molecular formula is C13H18ClFN2O3S. The number of unbranched alkanes of at least 4 members (excludes halogenated alkanes) is 2. The van der Waals surface area contributed by atoms with Gasteiger partial charge in [-0.1, -0.05) is 31.4 Å². The van der Waals surface area contributed by atoms with E-state index in [1.54, 1.807) is 0 Å². The second-order valence-electron chi connectivity index (χ2n) is 4.74. The maximum atomic E-state index is 14.2. The highest BCUT2D eigenvalue weighted by atomic mass is 35.5. The molecule has 0 saturated heterocycles. The Morgan fingerprint density at radius 2 is 2.00 bits per heavy atom. The summed E-state index contributed by atoms with van der Waals surface area (Å²) >= 11 is 5.75. The van der Waals surface area contributed by atoms with E-state index in [2.05, 4.69) is 0 Å². The molecule has 1 rings (SSSR count). The first kappa shape index (κ1) is 17.9. The van der Waals surface area contributed by atoms with Crippen molar-refractivity contribution in [3.63, 3.8) is 0 Å². The van der Waals surface area contributed by atoms with Crippen LogP contribution in [0.5, 0.6) is 0 Å². The van der Waals surface area contributed by atoms with E-state index in [9.17, 15) is 17.6 Å². The van der Waals surface area contributed by atoms with Gasteiger partial charge in [-0.15, -0.1) is 0 Å². The van der Waals surface area contributed by atoms with Crippen molar-refractivity contribution in [3.05, 3.63) is 28.5 Å². The summed E-state index contributed by atoms with van der Waals surface area (Å²) in [6, 6.07) is 1.99. The number of halogens is 2. The van der Waals surface area contributed by atoms with Gasteiger partial charge in [-0.3, -0.25) is 4.79 Å². The minimum atomic E-state index is -4.29. The Morgan fingerprint density at radius 3 is 2.52 bits per heavy atom. The van der Waals surface area contributed by atoms with Crippen molar-refractivity contribution in [2.24, 2.45) is 5.14 Å². The number of amides is 1. The van der Waals surface area contributed by atoms with Crippen molar-refractivity contribution in [2.45, 2.75) is 31.1 Å². The van der Waals surface area contributed by atoms with E-state index in [0.29, 0.717) is 6.54 Å². The molecule has 0 spiro atoms. The first-order valence-electron chi connectivity index (χ1n) is 6.45. The van der Waals surface area contributed by atoms with Crippen LogP contribution in [0.4, 0.5) is 4.39 Å². The molecule has 0 radical (unpaired) electrons. The van der Waals surface area contributed by atoms with Crippen molar-refractivity contribution in [3.8, 4) is 0 Å². The number of nitrogens with two attached hydrogens (primary N) is 1. The molecule has 21 heavy (non-hydrogen) atoms. The number of hydrogen-bond acceptors (Lipinski definition) is 3. The maximum Gasteiger partial charge on any atom is 0.256 e. The van der Waals surface area contributed by atoms with Crippen molar-refractivity contribution in [1.29, 1.82) is 0 Å². The number of carbonyl (C=O) groups is 1. The molecule has 0 heterocycles. The topological polar surface area (TPSA) is 80.5 Å². The average Bonchev–Trinajstić information content (AvgIpc) is 2.39. The highest BCUT2D eigenvalue weighted by Crippen LogP contribution is 2.24. The first-order valence-corrected chi connectivity index (χ1v) is 8.38. The Bertz CT molecular complexity index is 635. The largest absolute Gasteiger partial charge is 0.342 e. The number of carbonyl (C=O) groups excluding carboxylic acids is 1. The Morgan fingerprint density at radius 1 is 1.38 bits per heavy atom. The Kier molecular flexibility index (Phi) is 6.12. The third kappa shape index (κ3) is 4.66. The number of benzene rings is 1. The smallest absolute Gasteiger partial charge is 0.256 e. The summed E-state index contributed by atoms with van der Waals surface area (Å²) in [4.78, 5) is 12.7. The van der Waals surface area contributed by atoms with Crippen LogP contribution in [-0.2, 0) is 10.0 Å². The molecule has 0 atom stereocenters. The Balaban J connectivity index is 3.13. The molecule has 0 bridgehead atoms. The summed E-state index contributed by atoms with van der Waals surface area (Å²) in [5, 5.41) is 4.85. The fourth-order valence-electron chi connectivity index (χ4n) is 1.83. The molecule has 118 valence electrons. The van der Waals surface area contributed by atoms with Gasteiger partial charge in [-0.25, -0.2) is 17.9 Å². The number of sulfonamides is 1. The van der Waals surface area contributed by atoms with Gasteiger partial charge >= 0.3 is 0 Å². The Labute approximate surface area is 128 Å². The zero-order valence-electron chi connectivity index (χ0n) is 11.9. The summed E-state index contributed by atoms with van der Waals surface area (Å²) in [5.74, 6) is -1.80. The summed E-state index contributed by atoms with van der Waals surface area (Å²) in [6.45, 7) is 2.47. The molecule has 0 fully saturated rings. The van der Waals surface area contributed by atoms with E-state index < -0.39 is 32.2 Å². The van der Waals surface area contributed by atoms with Crippen LogP contribution in [0.3, 0.4) is 0 Å². The predicted molar refractivity (Wildman–Crippen MR) is 79.3 cm³/mol. The van der Waals surface area contributed by atoms with Crippen LogP contribution in [0.25, 0.3) is 0 Å². The minimum Gasteiger partial charge on any atom is -0.342 e. The summed E-state index contributed by atoms with van der Waals surface area (Å²) < 4.78 is 36.8. The van der Waals surface area contributed by atoms with Gasteiger partial charge in [0.2, 0.25) is 10.0 Å². The van der Waals surface area contributed by atoms with Gasteiger partial charge in [0.15, 0.2) is 5.82 Å². The normalized spacial score (nSPS) is 11.5. The van der Waals surface area contributed by atoms with Crippen molar-refractivity contribution < 1.29 is 17.6 Å². The molecule has 1 aromatic rings. The van der Waals surface area contributed by atoms with E-state index in [1.165, 1.54) is 11.9 Å². The maximum absolute atomic E-state index is 14.2. The lowest BCUT2D eigenvalue weighted by atomic mass is 10.1. The zero-order valence-corrected chi connectivity index (χ0v) is 13.5. The molecule has 1 amide bonds. The zero-order chi connectivity index (χ0) is 16.2. The van der Waals surface area contributed by atoms with E-state index in [1.807, 2.05) is 6.92 Å². The SMILES string of the molecule is CCCCCN(C)C(=O)c1cc(Cl)cc(S(N)(=O)=O)c1F. The van der Waals surface area contributed by atoms with E-state index in [4.69, 9.17) is 16.7 Å². The van der Waals surface area contributed by atoms with Gasteiger partial charge in [-0.2, -0.15) is 0 Å². The highest BCUT2D eigenvalue weighted by molar-refractivity contribution is 7.89. The van der Waals surface area contributed by atoms with Gasteiger partial charge in [0.25, 0.3) is 5.91 Å². The molecule has 5 nitrogen and oxygen atoms in total. The van der Waals surface area contributed by atoms with Crippen LogP contribution in [0, 0.1) is 5.82 Å². The fourth-order valence-corrected chi connectivity index (χ4v) is 2.77. The van der Waals surface area contributed by atoms with Gasteiger partial charge in [0.1, 0.15) is 4.90 Å². The third-order valence-corrected chi connectivity index (χ3v) is 4.11. The highest BCUT2D eigenvalue weighted by Gasteiger charge is 2.24. The number of nitrogens with zero attached hydrogens (tertiary/aromatic N) is 1. The quantitative estimate of drug-likeness (QED) is 0.810. The standard InChI is InChI=1S/C13H18ClFN2O3S/c1-3-4-5-6-17(2)13(18)10-7-9(14)8-11(12(10)15)21(16,19)20/h7-8H,3-6H2,1-2H3,(H2,16,19,20). The third-order valence-electron chi connectivity index (χ3n) is 2.98. The molecule has 0 unspecified atom stereocenters. The fraction of sp³-hybridized carbons (Fsp3) is 0.462. The molecular weight excluding hydrogens is 319 g/mol. The van der Waals surface area contributed by atoms with Crippen molar-refractivity contribution in [1.82, 2.24) is 4.90 Å². The molecule has 0 aliphatic heterocycles. The average molecular weight is 337 g/mol. The van der Waals surface area contributed by atoms with E-state index in [-0.39, 0.29) is 5.02 Å². The van der Waals surface area contributed by atoms with E-state index >= 15 is 0 Å². The summed E-state index contributed by atoms with van der Waals surface area (Å²) in [7, 11) is -2.77. The van der Waals surface area contributed by atoms with E-state index in [0.717, 1.165) is 31.4 Å². The van der Waals surface area contributed by atoms with Gasteiger partial charge in [0, 0.05) is 18.6 Å². The van der Waals surface area contributed by atoms with Gasteiger partial charge < -0.3 is 4.90 Å². The van der Waals surface area contributed by atoms with Crippen molar-refractivity contribution >= 4 is 27.5 Å². The molecule has 1 aromatic carbocycles. The van der Waals surface area contributed by atoms with Crippen LogP contribution in [-0.4, -0.2) is 32.8 Å². The van der Waals surface area contributed by atoms with Gasteiger partial charge in [-0.05, 0) is 18.6 Å². The molecule has 0 saturated carbocycles. The van der Waals surface area contributed by atoms with Gasteiger partial charge in [0.05, 0.1) is 5.56 Å². The lowest BCUT2D eigenvalue weighted by molar-refractivity contribution is 0.0787. The lowest BCUT2D eigenvalue weighted by Gasteiger charge is -2.18. The summed E-state index contributed by atoms with van der Waals surface area (Å²) in [5.41, 5.74) is -0.398. The second kappa shape index (κ2) is 7.20. The molecule has 2 N–H and O–H groups in total. The number of hydrogen-bond donors (Lipinski definition) is 1. The summed E-state index contributed by atoms with van der Waals surface area (Å²) in [6.07, 6.45) is 2.71. The molecule has 0 aliphatic rings. The molecule has 8 heteroatoms. The molecule has 0 aliphatic carbocycles. The minimum absolute atomic E-state index is 0.0641.